The Morgan fingerprint density at radius 2 is 1.87 bits per heavy atom. The first kappa shape index (κ1) is 15.8. The molecule has 3 saturated carbocycles. The van der Waals surface area contributed by atoms with E-state index in [9.17, 15) is 15.0 Å². The zero-order valence-corrected chi connectivity index (χ0v) is 14.6. The highest BCUT2D eigenvalue weighted by Crippen LogP contribution is 2.67. The number of carbonyl (C=O) groups is 1. The molecule has 0 aromatic rings. The largest absolute Gasteiger partial charge is 0.393 e. The number of aliphatic hydroxyl groups is 2. The van der Waals surface area contributed by atoms with Gasteiger partial charge in [0.05, 0.1) is 11.7 Å². The normalized spacial score (nSPS) is 55.7. The van der Waals surface area contributed by atoms with Crippen molar-refractivity contribution in [2.45, 2.75) is 77.4 Å². The third-order valence-electron chi connectivity index (χ3n) is 8.46. The molecule has 4 rings (SSSR count). The van der Waals surface area contributed by atoms with E-state index in [0.717, 1.165) is 32.1 Å². The topological polar surface area (TPSA) is 57.5 Å². The van der Waals surface area contributed by atoms with E-state index in [0.29, 0.717) is 24.7 Å². The molecule has 0 aromatic heterocycles. The van der Waals surface area contributed by atoms with Crippen LogP contribution in [0.15, 0.2) is 11.6 Å². The molecule has 0 unspecified atom stereocenters. The van der Waals surface area contributed by atoms with Crippen molar-refractivity contribution in [1.29, 1.82) is 0 Å². The molecule has 0 amide bonds. The van der Waals surface area contributed by atoms with Crippen LogP contribution in [0.2, 0.25) is 0 Å². The number of hydrogen-bond acceptors (Lipinski definition) is 3. The second-order valence-electron chi connectivity index (χ2n) is 9.39. The Hall–Kier alpha value is -0.670. The first-order valence-electron chi connectivity index (χ1n) is 9.33. The van der Waals surface area contributed by atoms with Crippen molar-refractivity contribution in [2.75, 3.05) is 0 Å². The molecule has 7 atom stereocenters. The zero-order chi connectivity index (χ0) is 16.6. The summed E-state index contributed by atoms with van der Waals surface area (Å²) in [7, 11) is 0. The zero-order valence-electron chi connectivity index (χ0n) is 14.6. The molecule has 0 radical (unpaired) electrons. The van der Waals surface area contributed by atoms with Gasteiger partial charge >= 0.3 is 0 Å². The Labute approximate surface area is 139 Å². The van der Waals surface area contributed by atoms with Crippen molar-refractivity contribution in [3.63, 3.8) is 0 Å². The van der Waals surface area contributed by atoms with E-state index >= 15 is 0 Å². The average Bonchev–Trinajstić information content (AvgIpc) is 2.69. The minimum absolute atomic E-state index is 0.0218. The summed E-state index contributed by atoms with van der Waals surface area (Å²) < 4.78 is 0. The van der Waals surface area contributed by atoms with E-state index in [-0.39, 0.29) is 28.6 Å². The van der Waals surface area contributed by atoms with Gasteiger partial charge in [-0.2, -0.15) is 0 Å². The lowest BCUT2D eigenvalue weighted by molar-refractivity contribution is -0.166. The Kier molecular flexibility index (Phi) is 3.23. The summed E-state index contributed by atoms with van der Waals surface area (Å²) in [5, 5.41) is 22.0. The average molecular weight is 318 g/mol. The van der Waals surface area contributed by atoms with Crippen LogP contribution >= 0.6 is 0 Å². The summed E-state index contributed by atoms with van der Waals surface area (Å²) >= 11 is 0. The predicted molar refractivity (Wildman–Crippen MR) is 88.7 cm³/mol. The van der Waals surface area contributed by atoms with Gasteiger partial charge in [0.1, 0.15) is 0 Å². The molecule has 3 fully saturated rings. The van der Waals surface area contributed by atoms with E-state index in [2.05, 4.69) is 13.8 Å². The van der Waals surface area contributed by atoms with E-state index in [1.54, 1.807) is 0 Å². The van der Waals surface area contributed by atoms with Crippen molar-refractivity contribution in [3.8, 4) is 0 Å². The van der Waals surface area contributed by atoms with Gasteiger partial charge in [0, 0.05) is 11.8 Å². The fraction of sp³-hybridized carbons (Fsp3) is 0.850. The molecule has 0 saturated heterocycles. The van der Waals surface area contributed by atoms with Gasteiger partial charge in [-0.25, -0.2) is 0 Å². The first-order chi connectivity index (χ1) is 10.7. The number of carbonyl (C=O) groups excluding carboxylic acids is 1. The lowest BCUT2D eigenvalue weighted by Gasteiger charge is -2.60. The second-order valence-corrected chi connectivity index (χ2v) is 9.39. The summed E-state index contributed by atoms with van der Waals surface area (Å²) in [6.45, 7) is 6.44. The molecule has 23 heavy (non-hydrogen) atoms. The Morgan fingerprint density at radius 1 is 1.13 bits per heavy atom. The van der Waals surface area contributed by atoms with Gasteiger partial charge in [0.15, 0.2) is 5.78 Å². The third kappa shape index (κ3) is 1.93. The number of aliphatic hydroxyl groups excluding tert-OH is 1. The molecule has 0 aromatic carbocycles. The SMILES string of the molecule is C[C@]12CCC(=O)C=C1CC[C@H]1[C@@H]2[C@H](O)C[C@]2(C)[C@@H]1CC[C@@]2(C)O. The molecule has 0 spiro atoms. The van der Waals surface area contributed by atoms with Gasteiger partial charge in [-0.05, 0) is 74.7 Å². The molecular formula is C20H30O3. The van der Waals surface area contributed by atoms with Crippen LogP contribution in [0.25, 0.3) is 0 Å². The summed E-state index contributed by atoms with van der Waals surface area (Å²) in [5.41, 5.74) is 0.424. The fourth-order valence-electron chi connectivity index (χ4n) is 6.91. The molecule has 128 valence electrons. The highest BCUT2D eigenvalue weighted by Gasteiger charge is 2.64. The summed E-state index contributed by atoms with van der Waals surface area (Å²) in [5.74, 6) is 1.49. The van der Waals surface area contributed by atoms with Gasteiger partial charge in [-0.1, -0.05) is 19.4 Å². The van der Waals surface area contributed by atoms with E-state index < -0.39 is 5.60 Å². The van der Waals surface area contributed by atoms with E-state index in [1.165, 1.54) is 5.57 Å². The Morgan fingerprint density at radius 3 is 2.61 bits per heavy atom. The molecule has 0 aliphatic heterocycles. The van der Waals surface area contributed by atoms with Crippen LogP contribution in [0, 0.1) is 28.6 Å². The maximum Gasteiger partial charge on any atom is 0.155 e. The number of rotatable bonds is 0. The van der Waals surface area contributed by atoms with Crippen LogP contribution in [-0.4, -0.2) is 27.7 Å². The minimum atomic E-state index is -0.664. The van der Waals surface area contributed by atoms with Crippen LogP contribution in [-0.2, 0) is 4.79 Å². The Balaban J connectivity index is 1.75. The molecule has 0 heterocycles. The molecule has 4 aliphatic carbocycles. The van der Waals surface area contributed by atoms with Crippen molar-refractivity contribution < 1.29 is 15.0 Å². The van der Waals surface area contributed by atoms with Gasteiger partial charge < -0.3 is 10.2 Å². The van der Waals surface area contributed by atoms with Gasteiger partial charge in [0.25, 0.3) is 0 Å². The highest BCUT2D eigenvalue weighted by atomic mass is 16.3. The van der Waals surface area contributed by atoms with Crippen LogP contribution in [0.4, 0.5) is 0 Å². The minimum Gasteiger partial charge on any atom is -0.393 e. The highest BCUT2D eigenvalue weighted by molar-refractivity contribution is 5.91. The third-order valence-corrected chi connectivity index (χ3v) is 8.46. The van der Waals surface area contributed by atoms with Crippen molar-refractivity contribution >= 4 is 5.78 Å². The van der Waals surface area contributed by atoms with Crippen LogP contribution in [0.3, 0.4) is 0 Å². The van der Waals surface area contributed by atoms with Crippen molar-refractivity contribution in [2.24, 2.45) is 28.6 Å². The summed E-state index contributed by atoms with van der Waals surface area (Å²) in [4.78, 5) is 11.8. The number of fused-ring (bicyclic) bond motifs is 5. The van der Waals surface area contributed by atoms with Crippen molar-refractivity contribution in [3.05, 3.63) is 11.6 Å². The molecule has 0 bridgehead atoms. The van der Waals surface area contributed by atoms with Gasteiger partial charge in [0.2, 0.25) is 0 Å². The summed E-state index contributed by atoms with van der Waals surface area (Å²) in [6.07, 6.45) is 7.69. The van der Waals surface area contributed by atoms with Gasteiger partial charge in [-0.3, -0.25) is 4.79 Å². The molecule has 3 heteroatoms. The van der Waals surface area contributed by atoms with E-state index in [1.807, 2.05) is 13.0 Å². The lowest BCUT2D eigenvalue weighted by atomic mass is 9.45. The molecule has 2 N–H and O–H groups in total. The fourth-order valence-corrected chi connectivity index (χ4v) is 6.91. The maximum absolute atomic E-state index is 11.8. The van der Waals surface area contributed by atoms with E-state index in [4.69, 9.17) is 0 Å². The first-order valence-corrected chi connectivity index (χ1v) is 9.33. The van der Waals surface area contributed by atoms with Crippen molar-refractivity contribution in [1.82, 2.24) is 0 Å². The number of allylic oxidation sites excluding steroid dienone is 1. The summed E-state index contributed by atoms with van der Waals surface area (Å²) in [6, 6.07) is 0. The standard InChI is InChI=1S/C20H30O3/c1-18-8-6-13(21)10-12(18)4-5-14-15-7-9-20(3,23)19(15,2)11-16(22)17(14)18/h10,14-17,22-23H,4-9,11H2,1-3H3/t14-,15-,16-,17-,18+,19-,20-/m1/s1. The predicted octanol–water partition coefficient (Wildman–Crippen LogP) is 3.24. The molecule has 4 aliphatic rings. The Bertz CT molecular complexity index is 577. The van der Waals surface area contributed by atoms with Gasteiger partial charge in [-0.15, -0.1) is 0 Å². The van der Waals surface area contributed by atoms with Crippen LogP contribution < -0.4 is 0 Å². The van der Waals surface area contributed by atoms with Crippen LogP contribution in [0.1, 0.15) is 65.7 Å². The lowest BCUT2D eigenvalue weighted by Crippen LogP contribution is -2.59. The monoisotopic (exact) mass is 318 g/mol. The van der Waals surface area contributed by atoms with Crippen LogP contribution in [0.5, 0.6) is 0 Å². The molecule has 3 nitrogen and oxygen atoms in total. The molecular weight excluding hydrogens is 288 g/mol. The quantitative estimate of drug-likeness (QED) is 0.721. The number of ketones is 1. The smallest absolute Gasteiger partial charge is 0.155 e. The number of hydrogen-bond donors (Lipinski definition) is 2. The maximum atomic E-state index is 11.8. The second kappa shape index (κ2) is 4.70.